The van der Waals surface area contributed by atoms with Crippen LogP contribution in [-0.4, -0.2) is 59.6 Å². The molecule has 0 bridgehead atoms. The molecule has 1 amide bonds. The van der Waals surface area contributed by atoms with Crippen molar-refractivity contribution in [3.05, 3.63) is 66.7 Å². The highest BCUT2D eigenvalue weighted by atomic mass is 16.5. The quantitative estimate of drug-likeness (QED) is 0.563. The molecule has 172 valence electrons. The molecule has 2 aromatic heterocycles. The van der Waals surface area contributed by atoms with Gasteiger partial charge in [-0.25, -0.2) is 9.97 Å². The van der Waals surface area contributed by atoms with Gasteiger partial charge >= 0.3 is 0 Å². The Morgan fingerprint density at radius 2 is 1.94 bits per heavy atom. The Kier molecular flexibility index (Phi) is 7.34. The van der Waals surface area contributed by atoms with Crippen molar-refractivity contribution in [2.75, 3.05) is 44.0 Å². The Labute approximate surface area is 194 Å². The van der Waals surface area contributed by atoms with E-state index in [9.17, 15) is 4.79 Å². The Hall–Kier alpha value is -3.68. The third-order valence-electron chi connectivity index (χ3n) is 5.97. The van der Waals surface area contributed by atoms with Gasteiger partial charge in [-0.1, -0.05) is 0 Å². The number of pyridine rings is 1. The third-order valence-corrected chi connectivity index (χ3v) is 5.97. The lowest BCUT2D eigenvalue weighted by Gasteiger charge is -2.33. The number of nitrogens with one attached hydrogen (secondary N) is 1. The molecule has 0 unspecified atom stereocenters. The minimum atomic E-state index is 0.194. The van der Waals surface area contributed by atoms with Crippen LogP contribution in [0.15, 0.2) is 61.1 Å². The molecule has 33 heavy (non-hydrogen) atoms. The first kappa shape index (κ1) is 22.5. The molecule has 1 aromatic carbocycles. The largest absolute Gasteiger partial charge is 0.497 e. The van der Waals surface area contributed by atoms with Crippen molar-refractivity contribution in [3.63, 3.8) is 0 Å². The Morgan fingerprint density at radius 3 is 2.64 bits per heavy atom. The van der Waals surface area contributed by atoms with Gasteiger partial charge in [-0.15, -0.1) is 0 Å². The van der Waals surface area contributed by atoms with Gasteiger partial charge in [0.1, 0.15) is 5.75 Å². The van der Waals surface area contributed by atoms with Crippen molar-refractivity contribution < 1.29 is 9.53 Å². The number of piperidine rings is 1. The summed E-state index contributed by atoms with van der Waals surface area (Å²) in [6, 6.07) is 13.7. The van der Waals surface area contributed by atoms with E-state index in [2.05, 4.69) is 25.2 Å². The molecule has 4 rings (SSSR count). The summed E-state index contributed by atoms with van der Waals surface area (Å²) in [5.74, 6) is 1.82. The summed E-state index contributed by atoms with van der Waals surface area (Å²) >= 11 is 0. The topological polar surface area (TPSA) is 83.5 Å². The van der Waals surface area contributed by atoms with E-state index in [0.717, 1.165) is 42.2 Å². The van der Waals surface area contributed by atoms with Crippen LogP contribution >= 0.6 is 0 Å². The number of likely N-dealkylation sites (tertiary alicyclic amines) is 1. The zero-order valence-corrected chi connectivity index (χ0v) is 19.1. The van der Waals surface area contributed by atoms with Crippen LogP contribution in [0.25, 0.3) is 0 Å². The first-order chi connectivity index (χ1) is 16.1. The smallest absolute Gasteiger partial charge is 0.227 e. The third kappa shape index (κ3) is 5.97. The van der Waals surface area contributed by atoms with Gasteiger partial charge in [0.05, 0.1) is 19.0 Å². The standard InChI is InChI=1S/C25H30N6O2/c1-30(21-7-9-22(33-2)10-8-21)16-12-24(32)31-15-3-5-19(18-31)23-11-6-20(17-28-23)29-25-26-13-4-14-27-25/h4,6-11,13-14,17,19H,3,5,12,15-16,18H2,1-2H3,(H,26,27,29)/t19-/m1/s1. The van der Waals surface area contributed by atoms with E-state index >= 15 is 0 Å². The van der Waals surface area contributed by atoms with Crippen molar-refractivity contribution in [1.82, 2.24) is 19.9 Å². The molecule has 0 aliphatic carbocycles. The van der Waals surface area contributed by atoms with Crippen molar-refractivity contribution >= 4 is 23.2 Å². The molecule has 1 N–H and O–H groups in total. The molecule has 1 atom stereocenters. The molecule has 3 aromatic rings. The number of rotatable bonds is 8. The number of hydrogen-bond acceptors (Lipinski definition) is 7. The lowest BCUT2D eigenvalue weighted by Crippen LogP contribution is -2.40. The van der Waals surface area contributed by atoms with Gasteiger partial charge in [0, 0.05) is 62.8 Å². The number of aromatic nitrogens is 3. The number of ether oxygens (including phenoxy) is 1. The SMILES string of the molecule is COc1ccc(N(C)CCC(=O)N2CCC[C@@H](c3ccc(Nc4ncccn4)cn3)C2)cc1. The number of nitrogens with zero attached hydrogens (tertiary/aromatic N) is 5. The number of carbonyl (C=O) groups is 1. The first-order valence-corrected chi connectivity index (χ1v) is 11.3. The van der Waals surface area contributed by atoms with Gasteiger partial charge in [0.15, 0.2) is 0 Å². The van der Waals surface area contributed by atoms with E-state index in [-0.39, 0.29) is 11.8 Å². The molecule has 1 saturated heterocycles. The highest BCUT2D eigenvalue weighted by molar-refractivity contribution is 5.77. The fourth-order valence-corrected chi connectivity index (χ4v) is 4.05. The zero-order chi connectivity index (χ0) is 23.0. The molecule has 0 radical (unpaired) electrons. The number of anilines is 3. The number of amides is 1. The molecular formula is C25H30N6O2. The van der Waals surface area contributed by atoms with E-state index in [1.165, 1.54) is 0 Å². The second-order valence-electron chi connectivity index (χ2n) is 8.22. The van der Waals surface area contributed by atoms with Crippen LogP contribution in [0.2, 0.25) is 0 Å². The Morgan fingerprint density at radius 1 is 1.15 bits per heavy atom. The molecule has 8 nitrogen and oxygen atoms in total. The zero-order valence-electron chi connectivity index (χ0n) is 19.1. The molecule has 1 aliphatic heterocycles. The van der Waals surface area contributed by atoms with Gasteiger partial charge in [-0.05, 0) is 55.3 Å². The van der Waals surface area contributed by atoms with Crippen molar-refractivity contribution in [2.24, 2.45) is 0 Å². The number of hydrogen-bond donors (Lipinski definition) is 1. The average molecular weight is 447 g/mol. The molecule has 1 fully saturated rings. The van der Waals surface area contributed by atoms with Crippen LogP contribution < -0.4 is 15.0 Å². The Bertz CT molecular complexity index is 1030. The monoisotopic (exact) mass is 446 g/mol. The highest BCUT2D eigenvalue weighted by Gasteiger charge is 2.25. The van der Waals surface area contributed by atoms with Crippen LogP contribution in [0.4, 0.5) is 17.3 Å². The molecule has 8 heteroatoms. The van der Waals surface area contributed by atoms with Gasteiger partial charge in [0.2, 0.25) is 11.9 Å². The highest BCUT2D eigenvalue weighted by Crippen LogP contribution is 2.27. The summed E-state index contributed by atoms with van der Waals surface area (Å²) in [5.41, 5.74) is 2.93. The van der Waals surface area contributed by atoms with Crippen molar-refractivity contribution in [2.45, 2.75) is 25.2 Å². The van der Waals surface area contributed by atoms with Gasteiger partial charge < -0.3 is 19.9 Å². The summed E-state index contributed by atoms with van der Waals surface area (Å²) in [6.45, 7) is 2.20. The van der Waals surface area contributed by atoms with Gasteiger partial charge in [0.25, 0.3) is 0 Å². The second kappa shape index (κ2) is 10.8. The number of methoxy groups -OCH3 is 1. The minimum Gasteiger partial charge on any atom is -0.497 e. The molecule has 1 aliphatic rings. The van der Waals surface area contributed by atoms with E-state index in [0.29, 0.717) is 25.5 Å². The predicted octanol–water partition coefficient (Wildman–Crippen LogP) is 3.86. The van der Waals surface area contributed by atoms with Crippen LogP contribution in [0.3, 0.4) is 0 Å². The molecule has 0 spiro atoms. The van der Waals surface area contributed by atoms with Crippen molar-refractivity contribution in [1.29, 1.82) is 0 Å². The summed E-state index contributed by atoms with van der Waals surface area (Å²) in [7, 11) is 3.66. The number of carbonyl (C=O) groups excluding carboxylic acids is 1. The summed E-state index contributed by atoms with van der Waals surface area (Å²) in [6.07, 6.45) is 7.71. The summed E-state index contributed by atoms with van der Waals surface area (Å²) in [5, 5.41) is 3.15. The predicted molar refractivity (Wildman–Crippen MR) is 129 cm³/mol. The summed E-state index contributed by atoms with van der Waals surface area (Å²) in [4.78, 5) is 30.0. The maximum atomic E-state index is 12.9. The van der Waals surface area contributed by atoms with Crippen LogP contribution in [0.5, 0.6) is 5.75 Å². The fourth-order valence-electron chi connectivity index (χ4n) is 4.05. The van der Waals surface area contributed by atoms with Crippen LogP contribution in [-0.2, 0) is 4.79 Å². The summed E-state index contributed by atoms with van der Waals surface area (Å²) < 4.78 is 5.21. The van der Waals surface area contributed by atoms with E-state index in [1.54, 1.807) is 31.8 Å². The molecular weight excluding hydrogens is 416 g/mol. The molecule has 3 heterocycles. The Balaban J connectivity index is 1.29. The number of benzene rings is 1. The fraction of sp³-hybridized carbons (Fsp3) is 0.360. The first-order valence-electron chi connectivity index (χ1n) is 11.3. The van der Waals surface area contributed by atoms with E-state index in [1.807, 2.05) is 48.3 Å². The van der Waals surface area contributed by atoms with Crippen LogP contribution in [0.1, 0.15) is 30.9 Å². The maximum absolute atomic E-state index is 12.9. The lowest BCUT2D eigenvalue weighted by atomic mass is 9.94. The second-order valence-corrected chi connectivity index (χ2v) is 8.22. The van der Waals surface area contributed by atoms with E-state index in [4.69, 9.17) is 4.74 Å². The lowest BCUT2D eigenvalue weighted by molar-refractivity contribution is -0.132. The normalized spacial score (nSPS) is 15.7. The van der Waals surface area contributed by atoms with Crippen LogP contribution in [0, 0.1) is 0 Å². The van der Waals surface area contributed by atoms with Gasteiger partial charge in [-0.3, -0.25) is 9.78 Å². The average Bonchev–Trinajstić information content (AvgIpc) is 2.88. The van der Waals surface area contributed by atoms with Gasteiger partial charge in [-0.2, -0.15) is 0 Å². The maximum Gasteiger partial charge on any atom is 0.227 e. The van der Waals surface area contributed by atoms with Crippen molar-refractivity contribution in [3.8, 4) is 5.75 Å². The molecule has 0 saturated carbocycles. The van der Waals surface area contributed by atoms with E-state index < -0.39 is 0 Å². The minimum absolute atomic E-state index is 0.194.